The van der Waals surface area contributed by atoms with Crippen LogP contribution >= 0.6 is 11.6 Å². The molecule has 80 heavy (non-hydrogen) atoms. The number of ether oxygens (including phenoxy) is 5. The number of nitriles is 1. The first-order valence-electron chi connectivity index (χ1n) is 29.0. The van der Waals surface area contributed by atoms with Crippen LogP contribution in [0.5, 0.6) is 0 Å². The van der Waals surface area contributed by atoms with Gasteiger partial charge < -0.3 is 39.2 Å². The van der Waals surface area contributed by atoms with Gasteiger partial charge in [0.2, 0.25) is 12.3 Å². The van der Waals surface area contributed by atoms with Crippen LogP contribution in [0.4, 0.5) is 5.69 Å². The van der Waals surface area contributed by atoms with Gasteiger partial charge in [0.05, 0.1) is 77.7 Å². The molecule has 442 valence electrons. The van der Waals surface area contributed by atoms with Crippen LogP contribution < -0.4 is 15.5 Å². The van der Waals surface area contributed by atoms with Gasteiger partial charge in [0.1, 0.15) is 0 Å². The summed E-state index contributed by atoms with van der Waals surface area (Å²) in [6.45, 7) is 34.2. The highest BCUT2D eigenvalue weighted by atomic mass is 35.5. The van der Waals surface area contributed by atoms with Crippen molar-refractivity contribution in [1.82, 2.24) is 10.6 Å². The fourth-order valence-corrected chi connectivity index (χ4v) is 8.80. The Morgan fingerprint density at radius 3 is 1.70 bits per heavy atom. The van der Waals surface area contributed by atoms with Crippen LogP contribution in [-0.4, -0.2) is 103 Å². The molecule has 0 fully saturated rings. The molecule has 4 aromatic rings. The minimum atomic E-state index is -0.150. The summed E-state index contributed by atoms with van der Waals surface area (Å²) in [4.78, 5) is 37.1. The summed E-state index contributed by atoms with van der Waals surface area (Å²) in [5.74, 6) is 1.55. The first-order valence-corrected chi connectivity index (χ1v) is 29.3. The molecule has 4 aromatic carbocycles. The number of nitrogens with zero attached hydrogens (tertiary/aromatic N) is 2. The SMILES string of the molecule is C=C(C)/C(C#N)=C/CC.CC(=O)N1c2ccc(-c3ccc(C(=O)NCCOCCOCCOCCOCCOCCNC=O)cc3)cc2C(C(C)C)CC1C.CCC.CCCC(CCC)c1cccc(C)c1.Cc1ccc(Cl)cc1. The Morgan fingerprint density at radius 1 is 0.738 bits per heavy atom. The van der Waals surface area contributed by atoms with E-state index in [-0.39, 0.29) is 17.9 Å². The predicted molar refractivity (Wildman–Crippen MR) is 332 cm³/mol. The van der Waals surface area contributed by atoms with E-state index in [1.54, 1.807) is 6.92 Å². The zero-order chi connectivity index (χ0) is 59.5. The van der Waals surface area contributed by atoms with E-state index in [2.05, 4.69) is 121 Å². The molecule has 0 spiro atoms. The van der Waals surface area contributed by atoms with E-state index >= 15 is 0 Å². The highest BCUT2D eigenvalue weighted by Gasteiger charge is 2.34. The highest BCUT2D eigenvalue weighted by Crippen LogP contribution is 2.44. The van der Waals surface area contributed by atoms with Crippen molar-refractivity contribution in [1.29, 1.82) is 5.26 Å². The summed E-state index contributed by atoms with van der Waals surface area (Å²) in [6, 6.07) is 32.9. The Balaban J connectivity index is 0.000000749. The first-order chi connectivity index (χ1) is 38.5. The standard InChI is InChI=1S/C35H51N3O8.C14H22.C8H11N.C7H7Cl.C3H8/c1-26(2)32-23-27(3)38(28(4)40)34-10-9-31(24-33(32)34)29-5-7-30(8-6-29)35(41)37-12-14-43-16-18-45-20-22-46-21-19-44-17-15-42-13-11-36-25-39;1-4-7-13(8-5-2)14-10-6-9-12(3)11-14;1-4-5-8(6-9)7(2)3;1-6-2-4-7(8)5-3-6;1-3-2/h5-10,24-27,32H,11-23H2,1-4H3,(H,36,39)(H,37,41);6,9-11,13H,4-5,7-8H2,1-3H3;5H,2,4H2,1,3H3;2-5H,1H3;3H2,1-2H3/b;;8-5+;;. The summed E-state index contributed by atoms with van der Waals surface area (Å²) in [7, 11) is 0. The predicted octanol–water partition coefficient (Wildman–Crippen LogP) is 15.0. The number of allylic oxidation sites excluding steroid dienone is 3. The number of carbonyl (C=O) groups excluding carboxylic acids is 3. The maximum atomic E-state index is 12.6. The number of rotatable bonds is 29. The molecular weight excluding hydrogens is 1020 g/mol. The molecule has 0 aromatic heterocycles. The zero-order valence-corrected chi connectivity index (χ0v) is 51.6. The van der Waals surface area contributed by atoms with Gasteiger partial charge in [-0.3, -0.25) is 14.4 Å². The molecule has 1 aliphatic rings. The molecule has 0 saturated heterocycles. The molecule has 0 radical (unpaired) electrons. The van der Waals surface area contributed by atoms with Crippen molar-refractivity contribution in [3.05, 3.63) is 148 Å². The fourth-order valence-electron chi connectivity index (χ4n) is 8.67. The van der Waals surface area contributed by atoms with Crippen molar-refractivity contribution < 1.29 is 38.1 Å². The van der Waals surface area contributed by atoms with Crippen LogP contribution in [0.25, 0.3) is 11.1 Å². The quantitative estimate of drug-likeness (QED) is 0.0235. The zero-order valence-electron chi connectivity index (χ0n) is 50.8. The second-order valence-electron chi connectivity index (χ2n) is 20.2. The molecule has 2 N–H and O–H groups in total. The summed E-state index contributed by atoms with van der Waals surface area (Å²) in [5, 5.41) is 14.7. The number of aryl methyl sites for hydroxylation is 2. The Kier molecular flexibility index (Phi) is 40.7. The summed E-state index contributed by atoms with van der Waals surface area (Å²) < 4.78 is 27.2. The van der Waals surface area contributed by atoms with E-state index in [0.717, 1.165) is 46.2 Å². The lowest BCUT2D eigenvalue weighted by atomic mass is 9.78. The van der Waals surface area contributed by atoms with Crippen molar-refractivity contribution >= 4 is 35.5 Å². The monoisotopic (exact) mass is 1120 g/mol. The average molecular weight is 1120 g/mol. The molecule has 12 nitrogen and oxygen atoms in total. The van der Waals surface area contributed by atoms with Gasteiger partial charge in [-0.05, 0) is 135 Å². The molecule has 0 saturated carbocycles. The van der Waals surface area contributed by atoms with Gasteiger partial charge in [0, 0.05) is 42.3 Å². The number of anilines is 1. The third-order valence-corrected chi connectivity index (χ3v) is 12.9. The van der Waals surface area contributed by atoms with E-state index in [4.69, 9.17) is 40.5 Å². The van der Waals surface area contributed by atoms with Crippen LogP contribution in [0.3, 0.4) is 0 Å². The van der Waals surface area contributed by atoms with Crippen molar-refractivity contribution in [3.8, 4) is 17.2 Å². The van der Waals surface area contributed by atoms with E-state index in [1.165, 1.54) is 54.4 Å². The van der Waals surface area contributed by atoms with Crippen LogP contribution in [0, 0.1) is 31.1 Å². The number of halogens is 1. The van der Waals surface area contributed by atoms with Gasteiger partial charge >= 0.3 is 0 Å². The molecule has 1 aliphatic heterocycles. The number of benzene rings is 4. The Bertz CT molecular complexity index is 2360. The molecule has 2 unspecified atom stereocenters. The van der Waals surface area contributed by atoms with Crippen molar-refractivity contribution in [2.45, 2.75) is 146 Å². The highest BCUT2D eigenvalue weighted by molar-refractivity contribution is 6.30. The summed E-state index contributed by atoms with van der Waals surface area (Å²) in [5.41, 5.74) is 10.6. The lowest BCUT2D eigenvalue weighted by Crippen LogP contribution is -2.42. The molecule has 2 atom stereocenters. The Morgan fingerprint density at radius 2 is 1.26 bits per heavy atom. The topological polar surface area (TPSA) is 148 Å². The first kappa shape index (κ1) is 72.4. The summed E-state index contributed by atoms with van der Waals surface area (Å²) >= 11 is 5.61. The van der Waals surface area contributed by atoms with Crippen LogP contribution in [-0.2, 0) is 33.3 Å². The molecule has 1 heterocycles. The smallest absolute Gasteiger partial charge is 0.251 e. The van der Waals surface area contributed by atoms with Gasteiger partial charge in [0.25, 0.3) is 5.91 Å². The van der Waals surface area contributed by atoms with Gasteiger partial charge in [-0.15, -0.1) is 0 Å². The fraction of sp³-hybridized carbons (Fsp3) is 0.522. The lowest BCUT2D eigenvalue weighted by Gasteiger charge is -2.40. The number of amides is 3. The van der Waals surface area contributed by atoms with Crippen molar-refractivity contribution in [2.24, 2.45) is 5.92 Å². The largest absolute Gasteiger partial charge is 0.377 e. The van der Waals surface area contributed by atoms with Gasteiger partial charge in [0.15, 0.2) is 0 Å². The van der Waals surface area contributed by atoms with Crippen LogP contribution in [0.2, 0.25) is 5.02 Å². The van der Waals surface area contributed by atoms with E-state index in [0.29, 0.717) is 109 Å². The van der Waals surface area contributed by atoms with Crippen molar-refractivity contribution in [2.75, 3.05) is 84.1 Å². The van der Waals surface area contributed by atoms with Gasteiger partial charge in [-0.1, -0.05) is 158 Å². The normalized spacial score (nSPS) is 13.4. The number of hydrogen-bond acceptors (Lipinski definition) is 9. The van der Waals surface area contributed by atoms with Gasteiger partial charge in [-0.25, -0.2) is 0 Å². The molecular formula is C67H99ClN4O8. The van der Waals surface area contributed by atoms with Gasteiger partial charge in [-0.2, -0.15) is 5.26 Å². The number of fused-ring (bicyclic) bond motifs is 1. The molecule has 0 aliphatic carbocycles. The maximum absolute atomic E-state index is 12.6. The number of hydrogen-bond donors (Lipinski definition) is 2. The summed E-state index contributed by atoms with van der Waals surface area (Å²) in [6.07, 6.45) is 10.9. The molecule has 13 heteroatoms. The van der Waals surface area contributed by atoms with E-state index < -0.39 is 0 Å². The molecule has 5 rings (SSSR count). The molecule has 0 bridgehead atoms. The van der Waals surface area contributed by atoms with E-state index in [1.807, 2.05) is 80.3 Å². The minimum Gasteiger partial charge on any atom is -0.377 e. The van der Waals surface area contributed by atoms with Crippen molar-refractivity contribution in [3.63, 3.8) is 0 Å². The number of carbonyl (C=O) groups is 3. The average Bonchev–Trinajstić information content (AvgIpc) is 3.46. The maximum Gasteiger partial charge on any atom is 0.251 e. The lowest BCUT2D eigenvalue weighted by molar-refractivity contribution is -0.117. The second-order valence-corrected chi connectivity index (χ2v) is 20.6. The third kappa shape index (κ3) is 30.8. The second kappa shape index (κ2) is 45.0. The Labute approximate surface area is 488 Å². The minimum absolute atomic E-state index is 0.0687. The molecule has 3 amide bonds. The van der Waals surface area contributed by atoms with E-state index in [9.17, 15) is 14.4 Å². The third-order valence-electron chi connectivity index (χ3n) is 12.6. The van der Waals surface area contributed by atoms with Crippen LogP contribution in [0.1, 0.15) is 159 Å². The number of nitrogens with one attached hydrogen (secondary N) is 2. The Hall–Kier alpha value is -5.65. The van der Waals surface area contributed by atoms with Crippen LogP contribution in [0.15, 0.2) is 115 Å².